The molecule has 3 aromatic rings. The number of halogens is 1. The molecule has 2 aromatic heterocycles. The molecule has 0 atom stereocenters. The van der Waals surface area contributed by atoms with Crippen molar-refractivity contribution in [3.05, 3.63) is 58.7 Å². The summed E-state index contributed by atoms with van der Waals surface area (Å²) in [5.74, 6) is 0.168. The van der Waals surface area contributed by atoms with E-state index < -0.39 is 0 Å². The lowest BCUT2D eigenvalue weighted by molar-refractivity contribution is -0.115. The van der Waals surface area contributed by atoms with Gasteiger partial charge in [-0.05, 0) is 33.6 Å². The van der Waals surface area contributed by atoms with Gasteiger partial charge in [0.05, 0.1) is 10.9 Å². The summed E-state index contributed by atoms with van der Waals surface area (Å²) in [4.78, 5) is 16.2. The number of hydrogen-bond donors (Lipinski definition) is 1. The summed E-state index contributed by atoms with van der Waals surface area (Å²) in [5, 5.41) is 6.90. The van der Waals surface area contributed by atoms with Gasteiger partial charge in [-0.3, -0.25) is 10.1 Å². The molecule has 100 valence electrons. The van der Waals surface area contributed by atoms with E-state index in [9.17, 15) is 4.79 Å². The number of nitrogens with one attached hydrogen (secondary N) is 1. The van der Waals surface area contributed by atoms with Gasteiger partial charge in [-0.1, -0.05) is 30.3 Å². The van der Waals surface area contributed by atoms with Crippen LogP contribution in [0.4, 0.5) is 5.95 Å². The highest BCUT2D eigenvalue weighted by atomic mass is 79.9. The third kappa shape index (κ3) is 2.70. The smallest absolute Gasteiger partial charge is 0.249 e. The molecule has 0 unspecified atom stereocenters. The fourth-order valence-corrected chi connectivity index (χ4v) is 2.30. The van der Waals surface area contributed by atoms with Crippen LogP contribution >= 0.6 is 15.9 Å². The Labute approximate surface area is 123 Å². The van der Waals surface area contributed by atoms with Crippen molar-refractivity contribution in [1.82, 2.24) is 14.6 Å². The van der Waals surface area contributed by atoms with Crippen LogP contribution < -0.4 is 5.32 Å². The molecule has 2 heterocycles. The summed E-state index contributed by atoms with van der Waals surface area (Å²) in [6, 6.07) is 13.3. The lowest BCUT2D eigenvalue weighted by Gasteiger charge is -2.00. The minimum atomic E-state index is -0.136. The minimum absolute atomic E-state index is 0.136. The number of carbonyl (C=O) groups is 1. The number of anilines is 1. The van der Waals surface area contributed by atoms with Gasteiger partial charge >= 0.3 is 0 Å². The number of amides is 1. The van der Waals surface area contributed by atoms with Crippen molar-refractivity contribution >= 4 is 33.4 Å². The van der Waals surface area contributed by atoms with Gasteiger partial charge in [-0.15, -0.1) is 5.10 Å². The van der Waals surface area contributed by atoms with Crippen LogP contribution in [0.5, 0.6) is 0 Å². The SMILES string of the molecule is O=C(Cc1ccccc1)Nc1nc2c(Br)cccn2n1. The molecule has 20 heavy (non-hydrogen) atoms. The molecule has 0 fully saturated rings. The molecule has 3 rings (SSSR count). The molecule has 0 saturated carbocycles. The molecule has 0 radical (unpaired) electrons. The van der Waals surface area contributed by atoms with Crippen LogP contribution in [-0.2, 0) is 11.2 Å². The van der Waals surface area contributed by atoms with Gasteiger partial charge in [0.25, 0.3) is 0 Å². The Hall–Kier alpha value is -2.21. The number of carbonyl (C=O) groups excluding carboxylic acids is 1. The number of pyridine rings is 1. The summed E-state index contributed by atoms with van der Waals surface area (Å²) in [6.07, 6.45) is 2.08. The van der Waals surface area contributed by atoms with Crippen molar-refractivity contribution in [2.75, 3.05) is 5.32 Å². The maximum absolute atomic E-state index is 11.9. The highest BCUT2D eigenvalue weighted by Crippen LogP contribution is 2.16. The number of hydrogen-bond acceptors (Lipinski definition) is 3. The summed E-state index contributed by atoms with van der Waals surface area (Å²) in [7, 11) is 0. The molecule has 0 bridgehead atoms. The van der Waals surface area contributed by atoms with Gasteiger partial charge in [-0.2, -0.15) is 4.98 Å². The summed E-state index contributed by atoms with van der Waals surface area (Å²) in [6.45, 7) is 0. The Morgan fingerprint density at radius 1 is 1.20 bits per heavy atom. The van der Waals surface area contributed by atoms with Crippen molar-refractivity contribution in [1.29, 1.82) is 0 Å². The minimum Gasteiger partial charge on any atom is -0.293 e. The lowest BCUT2D eigenvalue weighted by atomic mass is 10.1. The number of rotatable bonds is 3. The van der Waals surface area contributed by atoms with E-state index in [0.29, 0.717) is 18.0 Å². The van der Waals surface area contributed by atoms with Gasteiger partial charge in [0.2, 0.25) is 11.9 Å². The molecule has 1 N–H and O–H groups in total. The van der Waals surface area contributed by atoms with Crippen molar-refractivity contribution < 1.29 is 4.79 Å². The van der Waals surface area contributed by atoms with Crippen molar-refractivity contribution in [3.8, 4) is 0 Å². The van der Waals surface area contributed by atoms with Crippen LogP contribution in [0.25, 0.3) is 5.65 Å². The van der Waals surface area contributed by atoms with Gasteiger partial charge < -0.3 is 0 Å². The van der Waals surface area contributed by atoms with Gasteiger partial charge in [0.15, 0.2) is 5.65 Å². The highest BCUT2D eigenvalue weighted by molar-refractivity contribution is 9.10. The second kappa shape index (κ2) is 5.42. The number of benzene rings is 1. The monoisotopic (exact) mass is 330 g/mol. The normalized spacial score (nSPS) is 10.7. The molecular formula is C14H11BrN4O. The molecule has 0 spiro atoms. The van der Waals surface area contributed by atoms with Crippen LogP contribution in [0.3, 0.4) is 0 Å². The third-order valence-electron chi connectivity index (χ3n) is 2.77. The van der Waals surface area contributed by atoms with E-state index in [0.717, 1.165) is 10.0 Å². The second-order valence-corrected chi connectivity index (χ2v) is 5.12. The predicted octanol–water partition coefficient (Wildman–Crippen LogP) is 2.67. The summed E-state index contributed by atoms with van der Waals surface area (Å²) in [5.41, 5.74) is 1.62. The van der Waals surface area contributed by atoms with Gasteiger partial charge in [0, 0.05) is 6.20 Å². The Bertz CT molecular complexity index is 754. The molecule has 1 amide bonds. The van der Waals surface area contributed by atoms with Crippen molar-refractivity contribution in [2.45, 2.75) is 6.42 Å². The largest absolute Gasteiger partial charge is 0.293 e. The van der Waals surface area contributed by atoms with E-state index in [1.165, 1.54) is 0 Å². The van der Waals surface area contributed by atoms with E-state index in [1.54, 1.807) is 10.7 Å². The molecule has 6 heteroatoms. The standard InChI is InChI=1S/C14H11BrN4O/c15-11-7-4-8-19-13(11)17-14(18-19)16-12(20)9-10-5-2-1-3-6-10/h1-8H,9H2,(H,16,18,20). The second-order valence-electron chi connectivity index (χ2n) is 4.27. The zero-order valence-corrected chi connectivity index (χ0v) is 12.0. The fourth-order valence-electron chi connectivity index (χ4n) is 1.88. The highest BCUT2D eigenvalue weighted by Gasteiger charge is 2.09. The van der Waals surface area contributed by atoms with Crippen LogP contribution in [0, 0.1) is 0 Å². The zero-order valence-electron chi connectivity index (χ0n) is 10.5. The number of aromatic nitrogens is 3. The molecule has 0 aliphatic heterocycles. The van der Waals surface area contributed by atoms with Crippen LogP contribution in [-0.4, -0.2) is 20.5 Å². The van der Waals surface area contributed by atoms with Gasteiger partial charge in [-0.25, -0.2) is 4.52 Å². The first-order valence-electron chi connectivity index (χ1n) is 6.07. The zero-order chi connectivity index (χ0) is 13.9. The molecule has 0 aliphatic rings. The first kappa shape index (κ1) is 12.8. The Morgan fingerprint density at radius 3 is 2.75 bits per heavy atom. The van der Waals surface area contributed by atoms with E-state index in [4.69, 9.17) is 0 Å². The van der Waals surface area contributed by atoms with E-state index in [2.05, 4.69) is 31.3 Å². The topological polar surface area (TPSA) is 59.3 Å². The first-order valence-corrected chi connectivity index (χ1v) is 6.86. The Balaban J connectivity index is 1.76. The number of fused-ring (bicyclic) bond motifs is 1. The average Bonchev–Trinajstić information content (AvgIpc) is 2.83. The molecule has 1 aromatic carbocycles. The van der Waals surface area contributed by atoms with E-state index >= 15 is 0 Å². The molecular weight excluding hydrogens is 320 g/mol. The fraction of sp³-hybridized carbons (Fsp3) is 0.0714. The van der Waals surface area contributed by atoms with E-state index in [-0.39, 0.29) is 5.91 Å². The molecule has 5 nitrogen and oxygen atoms in total. The quantitative estimate of drug-likeness (QED) is 0.803. The van der Waals surface area contributed by atoms with E-state index in [1.807, 2.05) is 42.5 Å². The summed E-state index contributed by atoms with van der Waals surface area (Å²) < 4.78 is 2.44. The average molecular weight is 331 g/mol. The molecule has 0 saturated heterocycles. The lowest BCUT2D eigenvalue weighted by Crippen LogP contribution is -2.15. The van der Waals surface area contributed by atoms with Crippen LogP contribution in [0.2, 0.25) is 0 Å². The number of nitrogens with zero attached hydrogens (tertiary/aromatic N) is 3. The molecule has 0 aliphatic carbocycles. The Kier molecular flexibility index (Phi) is 3.47. The van der Waals surface area contributed by atoms with Crippen LogP contribution in [0.1, 0.15) is 5.56 Å². The first-order chi connectivity index (χ1) is 9.72. The van der Waals surface area contributed by atoms with Crippen molar-refractivity contribution in [2.24, 2.45) is 0 Å². The predicted molar refractivity (Wildman–Crippen MR) is 79.5 cm³/mol. The van der Waals surface area contributed by atoms with Crippen LogP contribution in [0.15, 0.2) is 53.1 Å². The van der Waals surface area contributed by atoms with Crippen molar-refractivity contribution in [3.63, 3.8) is 0 Å². The third-order valence-corrected chi connectivity index (χ3v) is 3.39. The maximum atomic E-state index is 11.9. The van der Waals surface area contributed by atoms with Gasteiger partial charge in [0.1, 0.15) is 0 Å². The Morgan fingerprint density at radius 2 is 2.00 bits per heavy atom. The maximum Gasteiger partial charge on any atom is 0.249 e. The summed E-state index contributed by atoms with van der Waals surface area (Å²) >= 11 is 3.39.